The van der Waals surface area contributed by atoms with Crippen LogP contribution in [0.5, 0.6) is 0 Å². The highest BCUT2D eigenvalue weighted by atomic mass is 32.2. The van der Waals surface area contributed by atoms with E-state index in [1.807, 2.05) is 13.8 Å². The highest BCUT2D eigenvalue weighted by Gasteiger charge is 2.32. The molecule has 1 saturated heterocycles. The fourth-order valence-electron chi connectivity index (χ4n) is 1.13. The van der Waals surface area contributed by atoms with Crippen molar-refractivity contribution in [3.05, 3.63) is 29.8 Å². The van der Waals surface area contributed by atoms with Gasteiger partial charge in [0.2, 0.25) is 0 Å². The predicted molar refractivity (Wildman–Crippen MR) is 62.4 cm³/mol. The van der Waals surface area contributed by atoms with Crippen LogP contribution in [0.1, 0.15) is 12.5 Å². The quantitative estimate of drug-likeness (QED) is 0.612. The molecular weight excluding hydrogens is 244 g/mol. The van der Waals surface area contributed by atoms with Gasteiger partial charge in [0, 0.05) is 0 Å². The SMILES string of the molecule is C[C@@H]1O[C@H]1CO.Cc1ccc(S(=O)(=O)O)cc1. The van der Waals surface area contributed by atoms with Crippen LogP contribution in [-0.2, 0) is 14.9 Å². The molecule has 1 aliphatic rings. The lowest BCUT2D eigenvalue weighted by Crippen LogP contribution is -1.96. The Morgan fingerprint density at radius 2 is 1.76 bits per heavy atom. The summed E-state index contributed by atoms with van der Waals surface area (Å²) in [6, 6.07) is 5.99. The van der Waals surface area contributed by atoms with Crippen molar-refractivity contribution >= 4 is 10.1 Å². The van der Waals surface area contributed by atoms with E-state index < -0.39 is 10.1 Å². The summed E-state index contributed by atoms with van der Waals surface area (Å²) in [5, 5.41) is 8.25. The number of hydrogen-bond donors (Lipinski definition) is 2. The molecule has 2 atom stereocenters. The third-order valence-corrected chi connectivity index (χ3v) is 3.20. The number of aliphatic hydroxyl groups excluding tert-OH is 1. The Balaban J connectivity index is 0.000000202. The van der Waals surface area contributed by atoms with E-state index in [1.54, 1.807) is 12.1 Å². The second-order valence-corrected chi connectivity index (χ2v) is 5.27. The van der Waals surface area contributed by atoms with Crippen molar-refractivity contribution in [2.24, 2.45) is 0 Å². The van der Waals surface area contributed by atoms with Gasteiger partial charge in [0.1, 0.15) is 6.10 Å². The van der Waals surface area contributed by atoms with Crippen LogP contribution in [0.3, 0.4) is 0 Å². The number of aryl methyl sites for hydroxylation is 1. The van der Waals surface area contributed by atoms with Crippen molar-refractivity contribution in [3.63, 3.8) is 0 Å². The molecule has 5 nitrogen and oxygen atoms in total. The van der Waals surface area contributed by atoms with Crippen LogP contribution < -0.4 is 0 Å². The number of ether oxygens (including phenoxy) is 1. The van der Waals surface area contributed by atoms with Crippen LogP contribution >= 0.6 is 0 Å². The van der Waals surface area contributed by atoms with Gasteiger partial charge in [0.25, 0.3) is 10.1 Å². The summed E-state index contributed by atoms with van der Waals surface area (Å²) < 4.78 is 34.4. The van der Waals surface area contributed by atoms with Crippen molar-refractivity contribution in [2.75, 3.05) is 6.61 Å². The second-order valence-electron chi connectivity index (χ2n) is 3.85. The molecule has 6 heteroatoms. The standard InChI is InChI=1S/C7H8O3S.C4H8O2/c1-6-2-4-7(5-3-6)11(8,9)10;1-3-4(2-5)6-3/h2-5H,1H3,(H,8,9,10);3-5H,2H2,1H3/t;3-,4-/m.0/s1. The van der Waals surface area contributed by atoms with Crippen LogP contribution in [0.4, 0.5) is 0 Å². The highest BCUT2D eigenvalue weighted by Crippen LogP contribution is 2.18. The molecule has 17 heavy (non-hydrogen) atoms. The summed E-state index contributed by atoms with van der Waals surface area (Å²) in [5.74, 6) is 0. The van der Waals surface area contributed by atoms with E-state index in [-0.39, 0.29) is 17.6 Å². The van der Waals surface area contributed by atoms with Gasteiger partial charge >= 0.3 is 0 Å². The number of hydrogen-bond acceptors (Lipinski definition) is 4. The second kappa shape index (κ2) is 5.59. The smallest absolute Gasteiger partial charge is 0.294 e. The lowest BCUT2D eigenvalue weighted by atomic mass is 10.2. The fourth-order valence-corrected chi connectivity index (χ4v) is 1.61. The van der Waals surface area contributed by atoms with Gasteiger partial charge in [0.15, 0.2) is 0 Å². The van der Waals surface area contributed by atoms with E-state index in [0.717, 1.165) is 5.56 Å². The van der Waals surface area contributed by atoms with Crippen LogP contribution in [-0.4, -0.2) is 36.9 Å². The van der Waals surface area contributed by atoms with Crippen LogP contribution in [0, 0.1) is 6.92 Å². The molecule has 0 bridgehead atoms. The number of benzene rings is 1. The summed E-state index contributed by atoms with van der Waals surface area (Å²) in [4.78, 5) is -0.0666. The molecule has 1 aliphatic heterocycles. The van der Waals surface area contributed by atoms with Gasteiger partial charge in [-0.15, -0.1) is 0 Å². The lowest BCUT2D eigenvalue weighted by molar-refractivity contribution is 0.242. The maximum atomic E-state index is 10.5. The maximum absolute atomic E-state index is 10.5. The van der Waals surface area contributed by atoms with E-state index in [2.05, 4.69) is 0 Å². The number of epoxide rings is 1. The molecule has 0 unspecified atom stereocenters. The Labute approximate surface area is 101 Å². The monoisotopic (exact) mass is 260 g/mol. The van der Waals surface area contributed by atoms with E-state index in [9.17, 15) is 8.42 Å². The summed E-state index contributed by atoms with van der Waals surface area (Å²) >= 11 is 0. The largest absolute Gasteiger partial charge is 0.394 e. The molecular formula is C11H16O5S. The van der Waals surface area contributed by atoms with Gasteiger partial charge in [-0.2, -0.15) is 8.42 Å². The summed E-state index contributed by atoms with van der Waals surface area (Å²) in [6.45, 7) is 3.97. The van der Waals surface area contributed by atoms with Gasteiger partial charge in [-0.3, -0.25) is 4.55 Å². The van der Waals surface area contributed by atoms with Gasteiger partial charge in [-0.25, -0.2) is 0 Å². The van der Waals surface area contributed by atoms with E-state index in [1.165, 1.54) is 12.1 Å². The molecule has 1 aromatic rings. The minimum atomic E-state index is -4.02. The Kier molecular flexibility index (Phi) is 4.64. The average Bonchev–Trinajstić information content (AvgIpc) is 2.95. The zero-order chi connectivity index (χ0) is 13.1. The van der Waals surface area contributed by atoms with Crippen LogP contribution in [0.25, 0.3) is 0 Å². The van der Waals surface area contributed by atoms with E-state index >= 15 is 0 Å². The van der Waals surface area contributed by atoms with Crippen molar-refractivity contribution in [1.82, 2.24) is 0 Å². The number of rotatable bonds is 2. The minimum Gasteiger partial charge on any atom is -0.394 e. The molecule has 0 aliphatic carbocycles. The maximum Gasteiger partial charge on any atom is 0.294 e. The van der Waals surface area contributed by atoms with E-state index in [0.29, 0.717) is 6.10 Å². The van der Waals surface area contributed by atoms with Crippen molar-refractivity contribution < 1.29 is 22.8 Å². The fraction of sp³-hybridized carbons (Fsp3) is 0.455. The molecule has 1 aromatic carbocycles. The molecule has 0 radical (unpaired) electrons. The Morgan fingerprint density at radius 1 is 1.29 bits per heavy atom. The molecule has 2 N–H and O–H groups in total. The average molecular weight is 260 g/mol. The zero-order valence-corrected chi connectivity index (χ0v) is 10.5. The first-order chi connectivity index (χ1) is 7.84. The summed E-state index contributed by atoms with van der Waals surface area (Å²) in [6.07, 6.45) is 0.472. The summed E-state index contributed by atoms with van der Waals surface area (Å²) in [5.41, 5.74) is 0.956. The van der Waals surface area contributed by atoms with Crippen LogP contribution in [0.15, 0.2) is 29.2 Å². The van der Waals surface area contributed by atoms with Gasteiger partial charge in [0.05, 0.1) is 17.6 Å². The summed E-state index contributed by atoms with van der Waals surface area (Å²) in [7, 11) is -4.02. The molecule has 0 aromatic heterocycles. The first-order valence-corrected chi connectivity index (χ1v) is 6.59. The normalized spacial score (nSPS) is 22.6. The zero-order valence-electron chi connectivity index (χ0n) is 9.70. The lowest BCUT2D eigenvalue weighted by Gasteiger charge is -1.95. The first-order valence-electron chi connectivity index (χ1n) is 5.15. The third kappa shape index (κ3) is 4.82. The Morgan fingerprint density at radius 3 is 2.00 bits per heavy atom. The molecule has 1 heterocycles. The molecule has 0 saturated carbocycles. The predicted octanol–water partition coefficient (Wildman–Crippen LogP) is 1.01. The Bertz CT molecular complexity index is 449. The highest BCUT2D eigenvalue weighted by molar-refractivity contribution is 7.85. The van der Waals surface area contributed by atoms with Gasteiger partial charge in [-0.1, -0.05) is 17.7 Å². The third-order valence-electron chi connectivity index (χ3n) is 2.34. The molecule has 0 spiro atoms. The topological polar surface area (TPSA) is 87.1 Å². The Hall–Kier alpha value is -0.950. The molecule has 0 amide bonds. The molecule has 1 fully saturated rings. The van der Waals surface area contributed by atoms with Crippen molar-refractivity contribution in [3.8, 4) is 0 Å². The van der Waals surface area contributed by atoms with Gasteiger partial charge < -0.3 is 9.84 Å². The van der Waals surface area contributed by atoms with Crippen molar-refractivity contribution in [2.45, 2.75) is 31.0 Å². The molecule has 2 rings (SSSR count). The van der Waals surface area contributed by atoms with E-state index in [4.69, 9.17) is 14.4 Å². The minimum absolute atomic E-state index is 0.0666. The van der Waals surface area contributed by atoms with Crippen molar-refractivity contribution in [1.29, 1.82) is 0 Å². The first kappa shape index (κ1) is 14.1. The van der Waals surface area contributed by atoms with Crippen LogP contribution in [0.2, 0.25) is 0 Å². The number of aliphatic hydroxyl groups is 1. The molecule has 96 valence electrons. The van der Waals surface area contributed by atoms with Gasteiger partial charge in [-0.05, 0) is 26.0 Å².